The summed E-state index contributed by atoms with van der Waals surface area (Å²) in [6.45, 7) is 0. The molecule has 0 saturated heterocycles. The fourth-order valence-corrected chi connectivity index (χ4v) is 3.57. The molecule has 31 heavy (non-hydrogen) atoms. The lowest BCUT2D eigenvalue weighted by Gasteiger charge is -2.19. The summed E-state index contributed by atoms with van der Waals surface area (Å²) >= 11 is 0. The number of hydrogen-bond acceptors (Lipinski definition) is 8. The van der Waals surface area contributed by atoms with Crippen LogP contribution >= 0.6 is 0 Å². The molecule has 8 nitrogen and oxygen atoms in total. The molecule has 2 atom stereocenters. The van der Waals surface area contributed by atoms with Crippen LogP contribution < -0.4 is 18.9 Å². The summed E-state index contributed by atoms with van der Waals surface area (Å²) in [5.41, 5.74) is 1.86. The third-order valence-electron chi connectivity index (χ3n) is 5.06. The van der Waals surface area contributed by atoms with E-state index < -0.39 is 24.0 Å². The highest BCUT2D eigenvalue weighted by atomic mass is 16.5. The van der Waals surface area contributed by atoms with Gasteiger partial charge in [0.15, 0.2) is 23.0 Å². The van der Waals surface area contributed by atoms with Gasteiger partial charge in [0.2, 0.25) is 0 Å². The van der Waals surface area contributed by atoms with Crippen LogP contribution in [0.4, 0.5) is 0 Å². The standard InChI is InChI=1S/C23H24O8/c1-26-15-9-7-14(12-17(15)28-3)21-20(23(25)30-5)19-13(8-11-18(24)29-4)6-10-16(27-2)22(19)31-21/h6-12,20-21H,1-5H3/b11-8+/t20-,21+/m0/s1. The van der Waals surface area contributed by atoms with Crippen molar-refractivity contribution in [2.24, 2.45) is 0 Å². The van der Waals surface area contributed by atoms with Gasteiger partial charge in [-0.3, -0.25) is 4.79 Å². The van der Waals surface area contributed by atoms with Crippen molar-refractivity contribution < 1.29 is 38.0 Å². The van der Waals surface area contributed by atoms with Crippen LogP contribution in [-0.2, 0) is 19.1 Å². The van der Waals surface area contributed by atoms with Gasteiger partial charge in [0.1, 0.15) is 12.0 Å². The van der Waals surface area contributed by atoms with E-state index in [-0.39, 0.29) is 0 Å². The summed E-state index contributed by atoms with van der Waals surface area (Å²) in [5, 5.41) is 0. The summed E-state index contributed by atoms with van der Waals surface area (Å²) < 4.78 is 32.1. The molecule has 2 aromatic carbocycles. The number of benzene rings is 2. The lowest BCUT2D eigenvalue weighted by molar-refractivity contribution is -0.144. The van der Waals surface area contributed by atoms with Crippen molar-refractivity contribution in [3.8, 4) is 23.0 Å². The maximum atomic E-state index is 12.9. The fraction of sp³-hybridized carbons (Fsp3) is 0.304. The largest absolute Gasteiger partial charge is 0.493 e. The molecule has 164 valence electrons. The average molecular weight is 428 g/mol. The van der Waals surface area contributed by atoms with E-state index in [1.54, 1.807) is 43.5 Å². The number of ether oxygens (including phenoxy) is 6. The van der Waals surface area contributed by atoms with E-state index >= 15 is 0 Å². The highest BCUT2D eigenvalue weighted by molar-refractivity contribution is 5.90. The summed E-state index contributed by atoms with van der Waals surface area (Å²) in [5.74, 6) is 0.114. The zero-order valence-corrected chi connectivity index (χ0v) is 18.0. The van der Waals surface area contributed by atoms with Crippen LogP contribution in [0.5, 0.6) is 23.0 Å². The molecule has 0 bridgehead atoms. The molecular formula is C23H24O8. The number of rotatable bonds is 7. The van der Waals surface area contributed by atoms with Gasteiger partial charge in [0.25, 0.3) is 0 Å². The Labute approximate surface area is 180 Å². The average Bonchev–Trinajstić information content (AvgIpc) is 3.22. The fourth-order valence-electron chi connectivity index (χ4n) is 3.57. The number of esters is 2. The maximum Gasteiger partial charge on any atom is 0.330 e. The lowest BCUT2D eigenvalue weighted by atomic mass is 9.87. The SMILES string of the molecule is COC(=O)/C=C/c1ccc(OC)c2c1[C@H](C(=O)OC)[C@@H](c1ccc(OC)c(OC)c1)O2. The summed E-state index contributed by atoms with van der Waals surface area (Å²) in [6, 6.07) is 8.74. The molecule has 0 amide bonds. The van der Waals surface area contributed by atoms with Gasteiger partial charge in [-0.1, -0.05) is 12.1 Å². The number of methoxy groups -OCH3 is 5. The minimum atomic E-state index is -0.800. The minimum absolute atomic E-state index is 0.407. The highest BCUT2D eigenvalue weighted by Gasteiger charge is 2.44. The quantitative estimate of drug-likeness (QED) is 0.490. The molecule has 1 heterocycles. The topological polar surface area (TPSA) is 89.5 Å². The Bertz CT molecular complexity index is 1010. The van der Waals surface area contributed by atoms with Crippen LogP contribution in [0, 0.1) is 0 Å². The lowest BCUT2D eigenvalue weighted by Crippen LogP contribution is -2.20. The van der Waals surface area contributed by atoms with Gasteiger partial charge in [0, 0.05) is 11.6 Å². The van der Waals surface area contributed by atoms with E-state index in [0.717, 1.165) is 0 Å². The number of carbonyl (C=O) groups excluding carboxylic acids is 2. The predicted molar refractivity (Wildman–Crippen MR) is 112 cm³/mol. The highest BCUT2D eigenvalue weighted by Crippen LogP contribution is 2.53. The van der Waals surface area contributed by atoms with E-state index in [9.17, 15) is 9.59 Å². The number of fused-ring (bicyclic) bond motifs is 1. The van der Waals surface area contributed by atoms with Crippen molar-refractivity contribution in [2.45, 2.75) is 12.0 Å². The van der Waals surface area contributed by atoms with Crippen LogP contribution in [0.1, 0.15) is 28.7 Å². The van der Waals surface area contributed by atoms with Crippen LogP contribution in [-0.4, -0.2) is 47.5 Å². The molecule has 2 aromatic rings. The first-order valence-corrected chi connectivity index (χ1v) is 9.42. The number of carbonyl (C=O) groups is 2. The molecule has 0 spiro atoms. The van der Waals surface area contributed by atoms with Gasteiger partial charge < -0.3 is 28.4 Å². The molecule has 0 unspecified atom stereocenters. The Morgan fingerprint density at radius 1 is 0.871 bits per heavy atom. The summed E-state index contributed by atoms with van der Waals surface area (Å²) in [4.78, 5) is 24.5. The molecule has 0 aliphatic carbocycles. The van der Waals surface area contributed by atoms with Crippen molar-refractivity contribution in [3.05, 3.63) is 53.1 Å². The van der Waals surface area contributed by atoms with Gasteiger partial charge >= 0.3 is 11.9 Å². The van der Waals surface area contributed by atoms with E-state index in [4.69, 9.17) is 23.7 Å². The van der Waals surface area contributed by atoms with Crippen molar-refractivity contribution in [2.75, 3.05) is 35.5 Å². The predicted octanol–water partition coefficient (Wildman–Crippen LogP) is 3.29. The third kappa shape index (κ3) is 4.14. The molecule has 0 saturated carbocycles. The monoisotopic (exact) mass is 428 g/mol. The van der Waals surface area contributed by atoms with Gasteiger partial charge in [0.05, 0.1) is 35.5 Å². The zero-order valence-electron chi connectivity index (χ0n) is 18.0. The first-order valence-electron chi connectivity index (χ1n) is 9.42. The Hall–Kier alpha value is -3.68. The molecule has 0 N–H and O–H groups in total. The van der Waals surface area contributed by atoms with E-state index in [1.807, 2.05) is 0 Å². The van der Waals surface area contributed by atoms with Crippen molar-refractivity contribution in [1.29, 1.82) is 0 Å². The Kier molecular flexibility index (Phi) is 6.69. The van der Waals surface area contributed by atoms with Gasteiger partial charge in [-0.2, -0.15) is 0 Å². The van der Waals surface area contributed by atoms with Crippen LogP contribution in [0.25, 0.3) is 6.08 Å². The second kappa shape index (κ2) is 9.42. The summed E-state index contributed by atoms with van der Waals surface area (Å²) in [6.07, 6.45) is 2.14. The van der Waals surface area contributed by atoms with Gasteiger partial charge in [-0.25, -0.2) is 4.79 Å². The Morgan fingerprint density at radius 3 is 2.16 bits per heavy atom. The molecule has 8 heteroatoms. The van der Waals surface area contributed by atoms with Crippen molar-refractivity contribution in [1.82, 2.24) is 0 Å². The summed E-state index contributed by atoms with van der Waals surface area (Å²) in [7, 11) is 7.19. The molecule has 0 fully saturated rings. The zero-order chi connectivity index (χ0) is 22.5. The second-order valence-corrected chi connectivity index (χ2v) is 6.61. The molecule has 0 radical (unpaired) electrons. The van der Waals surface area contributed by atoms with Crippen LogP contribution in [0.15, 0.2) is 36.4 Å². The number of hydrogen-bond donors (Lipinski definition) is 0. The van der Waals surface area contributed by atoms with Gasteiger partial charge in [-0.05, 0) is 35.4 Å². The molecule has 1 aliphatic rings. The van der Waals surface area contributed by atoms with Crippen molar-refractivity contribution >= 4 is 18.0 Å². The maximum absolute atomic E-state index is 12.9. The molecular weight excluding hydrogens is 404 g/mol. The normalized spacial score (nSPS) is 16.9. The minimum Gasteiger partial charge on any atom is -0.493 e. The second-order valence-electron chi connectivity index (χ2n) is 6.61. The third-order valence-corrected chi connectivity index (χ3v) is 5.06. The van der Waals surface area contributed by atoms with E-state index in [0.29, 0.717) is 39.7 Å². The molecule has 0 aromatic heterocycles. The van der Waals surface area contributed by atoms with Crippen LogP contribution in [0.3, 0.4) is 0 Å². The smallest absolute Gasteiger partial charge is 0.330 e. The first-order chi connectivity index (χ1) is 15.0. The Balaban J connectivity index is 2.16. The molecule has 1 aliphatic heterocycles. The van der Waals surface area contributed by atoms with Gasteiger partial charge in [-0.15, -0.1) is 0 Å². The van der Waals surface area contributed by atoms with E-state index in [2.05, 4.69) is 4.74 Å². The molecule has 3 rings (SSSR count). The Morgan fingerprint density at radius 2 is 1.55 bits per heavy atom. The van der Waals surface area contributed by atoms with E-state index in [1.165, 1.54) is 34.5 Å². The first kappa shape index (κ1) is 22.0. The van der Waals surface area contributed by atoms with Crippen molar-refractivity contribution in [3.63, 3.8) is 0 Å². The van der Waals surface area contributed by atoms with Crippen LogP contribution in [0.2, 0.25) is 0 Å².